The summed E-state index contributed by atoms with van der Waals surface area (Å²) < 4.78 is 0. The van der Waals surface area contributed by atoms with Crippen molar-refractivity contribution in [3.63, 3.8) is 0 Å². The highest BCUT2D eigenvalue weighted by Crippen LogP contribution is 2.23. The quantitative estimate of drug-likeness (QED) is 0.838. The number of carbonyl (C=O) groups excluding carboxylic acids is 1. The number of carboxylic acid groups (broad SMARTS) is 1. The van der Waals surface area contributed by atoms with Crippen molar-refractivity contribution >= 4 is 17.6 Å². The highest BCUT2D eigenvalue weighted by molar-refractivity contribution is 5.98. The number of amides is 1. The van der Waals surface area contributed by atoms with Gasteiger partial charge in [0.15, 0.2) is 0 Å². The van der Waals surface area contributed by atoms with Gasteiger partial charge in [0, 0.05) is 5.69 Å². The van der Waals surface area contributed by atoms with E-state index in [9.17, 15) is 9.59 Å². The highest BCUT2D eigenvalue weighted by Gasteiger charge is 2.35. The summed E-state index contributed by atoms with van der Waals surface area (Å²) in [6, 6.07) is 6.86. The lowest BCUT2D eigenvalue weighted by molar-refractivity contribution is -0.144. The van der Waals surface area contributed by atoms with Gasteiger partial charge in [-0.25, -0.2) is 0 Å². The molecule has 1 aliphatic heterocycles. The minimum absolute atomic E-state index is 0.0655. The first-order chi connectivity index (χ1) is 8.50. The van der Waals surface area contributed by atoms with Crippen LogP contribution in [0.15, 0.2) is 24.3 Å². The third-order valence-electron chi connectivity index (χ3n) is 3.26. The average molecular weight is 248 g/mol. The van der Waals surface area contributed by atoms with Crippen LogP contribution in [0.3, 0.4) is 0 Å². The number of anilines is 1. The van der Waals surface area contributed by atoms with E-state index in [1.54, 1.807) is 16.8 Å². The monoisotopic (exact) mass is 248 g/mol. The number of para-hydroxylation sites is 1. The molecule has 18 heavy (non-hydrogen) atoms. The molecule has 1 unspecified atom stereocenters. The van der Waals surface area contributed by atoms with Gasteiger partial charge in [0.1, 0.15) is 6.04 Å². The van der Waals surface area contributed by atoms with Gasteiger partial charge in [0.2, 0.25) is 5.91 Å². The van der Waals surface area contributed by atoms with Crippen molar-refractivity contribution in [1.29, 1.82) is 0 Å². The maximum atomic E-state index is 12.0. The summed E-state index contributed by atoms with van der Waals surface area (Å²) in [7, 11) is 1.66. The zero-order chi connectivity index (χ0) is 13.3. The highest BCUT2D eigenvalue weighted by atomic mass is 16.4. The summed E-state index contributed by atoms with van der Waals surface area (Å²) in [5, 5.41) is 9.15. The fraction of sp³-hybridized carbons (Fsp3) is 0.385. The van der Waals surface area contributed by atoms with Gasteiger partial charge in [0.05, 0.1) is 13.1 Å². The molecular formula is C13H16N2O3. The predicted octanol–water partition coefficient (Wildman–Crippen LogP) is 0.727. The number of likely N-dealkylation sites (N-methyl/N-ethyl adjacent to an activating group) is 1. The molecule has 1 saturated heterocycles. The van der Waals surface area contributed by atoms with Gasteiger partial charge in [-0.1, -0.05) is 18.2 Å². The normalized spacial score (nSPS) is 21.1. The van der Waals surface area contributed by atoms with Crippen LogP contribution in [0.25, 0.3) is 0 Å². The molecule has 1 aromatic rings. The molecule has 1 aromatic carbocycles. The molecule has 0 spiro atoms. The molecule has 5 nitrogen and oxygen atoms in total. The van der Waals surface area contributed by atoms with Crippen molar-refractivity contribution in [3.05, 3.63) is 29.8 Å². The number of hydrogen-bond donors (Lipinski definition) is 1. The maximum Gasteiger partial charge on any atom is 0.322 e. The molecule has 96 valence electrons. The topological polar surface area (TPSA) is 60.9 Å². The number of aliphatic carboxylic acids is 1. The van der Waals surface area contributed by atoms with E-state index in [0.717, 1.165) is 11.3 Å². The Balaban J connectivity index is 2.30. The number of benzene rings is 1. The van der Waals surface area contributed by atoms with Crippen molar-refractivity contribution in [1.82, 2.24) is 4.90 Å². The first kappa shape index (κ1) is 12.6. The van der Waals surface area contributed by atoms with Crippen LogP contribution in [-0.4, -0.2) is 48.1 Å². The fourth-order valence-corrected chi connectivity index (χ4v) is 2.19. The zero-order valence-electron chi connectivity index (χ0n) is 10.5. The van der Waals surface area contributed by atoms with Gasteiger partial charge in [-0.15, -0.1) is 0 Å². The number of rotatable bonds is 2. The lowest BCUT2D eigenvalue weighted by Crippen LogP contribution is -2.57. The molecule has 0 aromatic heterocycles. The van der Waals surface area contributed by atoms with E-state index in [-0.39, 0.29) is 19.0 Å². The second-order valence-electron chi connectivity index (χ2n) is 4.56. The Bertz CT molecular complexity index is 487. The van der Waals surface area contributed by atoms with E-state index >= 15 is 0 Å². The number of aryl methyl sites for hydroxylation is 1. The maximum absolute atomic E-state index is 12.0. The predicted molar refractivity (Wildman–Crippen MR) is 67.6 cm³/mol. The van der Waals surface area contributed by atoms with Gasteiger partial charge in [-0.2, -0.15) is 0 Å². The molecule has 1 heterocycles. The molecule has 0 aliphatic carbocycles. The van der Waals surface area contributed by atoms with Crippen molar-refractivity contribution in [2.45, 2.75) is 13.0 Å². The number of nitrogens with zero attached hydrogens (tertiary/aromatic N) is 2. The fourth-order valence-electron chi connectivity index (χ4n) is 2.19. The van der Waals surface area contributed by atoms with Crippen LogP contribution in [0.5, 0.6) is 0 Å². The smallest absolute Gasteiger partial charge is 0.322 e. The summed E-state index contributed by atoms with van der Waals surface area (Å²) in [6.45, 7) is 2.23. The van der Waals surface area contributed by atoms with Crippen LogP contribution in [0.2, 0.25) is 0 Å². The molecule has 1 aliphatic rings. The van der Waals surface area contributed by atoms with Crippen LogP contribution in [0.4, 0.5) is 5.69 Å². The van der Waals surface area contributed by atoms with Crippen molar-refractivity contribution < 1.29 is 14.7 Å². The van der Waals surface area contributed by atoms with Crippen molar-refractivity contribution in [2.24, 2.45) is 0 Å². The Morgan fingerprint density at radius 2 is 2.06 bits per heavy atom. The summed E-state index contributed by atoms with van der Waals surface area (Å²) >= 11 is 0. The van der Waals surface area contributed by atoms with Crippen molar-refractivity contribution in [3.8, 4) is 0 Å². The molecule has 0 saturated carbocycles. The molecule has 5 heteroatoms. The minimum atomic E-state index is -0.899. The standard InChI is InChI=1S/C13H16N2O3/c1-9-5-3-4-6-10(9)15-7-11(13(17)18)14(2)8-12(15)16/h3-6,11H,7-8H2,1-2H3,(H,17,18). The zero-order valence-corrected chi connectivity index (χ0v) is 10.5. The first-order valence-electron chi connectivity index (χ1n) is 5.79. The summed E-state index contributed by atoms with van der Waals surface area (Å²) in [5.41, 5.74) is 1.77. The summed E-state index contributed by atoms with van der Waals surface area (Å²) in [4.78, 5) is 26.3. The van der Waals surface area contributed by atoms with Gasteiger partial charge < -0.3 is 10.0 Å². The molecule has 1 amide bonds. The van der Waals surface area contributed by atoms with E-state index in [2.05, 4.69) is 0 Å². The lowest BCUT2D eigenvalue weighted by atomic mass is 10.1. The van der Waals surface area contributed by atoms with Crippen LogP contribution in [0, 0.1) is 6.92 Å². The number of carbonyl (C=O) groups is 2. The second-order valence-corrected chi connectivity index (χ2v) is 4.56. The van der Waals surface area contributed by atoms with E-state index in [0.29, 0.717) is 0 Å². The van der Waals surface area contributed by atoms with Gasteiger partial charge in [0.25, 0.3) is 0 Å². The Hall–Kier alpha value is -1.88. The third-order valence-corrected chi connectivity index (χ3v) is 3.26. The molecular weight excluding hydrogens is 232 g/mol. The van der Waals surface area contributed by atoms with Crippen LogP contribution < -0.4 is 4.90 Å². The van der Waals surface area contributed by atoms with E-state index in [1.165, 1.54) is 0 Å². The largest absolute Gasteiger partial charge is 0.480 e. The van der Waals surface area contributed by atoms with Gasteiger partial charge >= 0.3 is 5.97 Å². The summed E-state index contributed by atoms with van der Waals surface area (Å²) in [5.74, 6) is -0.965. The first-order valence-corrected chi connectivity index (χ1v) is 5.79. The molecule has 1 fully saturated rings. The number of hydrogen-bond acceptors (Lipinski definition) is 3. The third kappa shape index (κ3) is 2.22. The molecule has 0 radical (unpaired) electrons. The lowest BCUT2D eigenvalue weighted by Gasteiger charge is -2.37. The van der Waals surface area contributed by atoms with Crippen LogP contribution in [-0.2, 0) is 9.59 Å². The minimum Gasteiger partial charge on any atom is -0.480 e. The van der Waals surface area contributed by atoms with Crippen molar-refractivity contribution in [2.75, 3.05) is 25.0 Å². The van der Waals surface area contributed by atoms with E-state index < -0.39 is 12.0 Å². The van der Waals surface area contributed by atoms with E-state index in [1.807, 2.05) is 31.2 Å². The Labute approximate surface area is 106 Å². The average Bonchev–Trinajstić information content (AvgIpc) is 2.30. The van der Waals surface area contributed by atoms with Crippen LogP contribution >= 0.6 is 0 Å². The molecule has 1 atom stereocenters. The van der Waals surface area contributed by atoms with Gasteiger partial charge in [-0.3, -0.25) is 14.5 Å². The number of carboxylic acids is 1. The van der Waals surface area contributed by atoms with Crippen LogP contribution in [0.1, 0.15) is 5.56 Å². The SMILES string of the molecule is Cc1ccccc1N1CC(C(=O)O)N(C)CC1=O. The second kappa shape index (κ2) is 4.78. The Morgan fingerprint density at radius 1 is 1.39 bits per heavy atom. The Morgan fingerprint density at radius 3 is 2.67 bits per heavy atom. The van der Waals surface area contributed by atoms with E-state index in [4.69, 9.17) is 5.11 Å². The molecule has 0 bridgehead atoms. The number of piperazine rings is 1. The van der Waals surface area contributed by atoms with Gasteiger partial charge in [-0.05, 0) is 25.6 Å². The molecule has 2 rings (SSSR count). The summed E-state index contributed by atoms with van der Waals surface area (Å²) in [6.07, 6.45) is 0. The Kier molecular flexibility index (Phi) is 3.34. The molecule has 1 N–H and O–H groups in total.